The zero-order valence-electron chi connectivity index (χ0n) is 14.6. The van der Waals surface area contributed by atoms with E-state index in [2.05, 4.69) is 30.1 Å². The molecule has 1 aromatic carbocycles. The van der Waals surface area contributed by atoms with Crippen molar-refractivity contribution in [2.24, 2.45) is 0 Å². The van der Waals surface area contributed by atoms with Gasteiger partial charge in [0.15, 0.2) is 16.9 Å². The molecule has 3 aromatic heterocycles. The highest BCUT2D eigenvalue weighted by Crippen LogP contribution is 2.32. The van der Waals surface area contributed by atoms with E-state index in [0.29, 0.717) is 22.3 Å². The van der Waals surface area contributed by atoms with E-state index in [1.807, 2.05) is 0 Å². The van der Waals surface area contributed by atoms with Gasteiger partial charge >= 0.3 is 6.36 Å². The van der Waals surface area contributed by atoms with Crippen molar-refractivity contribution in [3.8, 4) is 22.6 Å². The molecule has 4 rings (SSSR count). The summed E-state index contributed by atoms with van der Waals surface area (Å²) in [5.41, 5.74) is 7.67. The van der Waals surface area contributed by atoms with Crippen LogP contribution in [0.1, 0.15) is 5.56 Å². The Morgan fingerprint density at radius 2 is 1.93 bits per heavy atom. The summed E-state index contributed by atoms with van der Waals surface area (Å²) >= 11 is 0. The van der Waals surface area contributed by atoms with Gasteiger partial charge in [-0.1, -0.05) is 23.4 Å². The number of H-pyrrole nitrogens is 1. The molecular formula is C18H13F3N6O2. The molecule has 148 valence electrons. The molecule has 0 aliphatic heterocycles. The summed E-state index contributed by atoms with van der Waals surface area (Å²) in [6.07, 6.45) is -1.74. The lowest BCUT2D eigenvalue weighted by atomic mass is 10.0. The summed E-state index contributed by atoms with van der Waals surface area (Å²) < 4.78 is 48.6. The summed E-state index contributed by atoms with van der Waals surface area (Å²) in [7, 11) is 0. The number of hydrogen-bond donors (Lipinski definition) is 2. The molecule has 0 radical (unpaired) electrons. The van der Waals surface area contributed by atoms with Gasteiger partial charge in [-0.3, -0.25) is 4.98 Å². The maximum Gasteiger partial charge on any atom is 0.573 e. The molecule has 0 fully saturated rings. The van der Waals surface area contributed by atoms with Gasteiger partial charge < -0.3 is 15.2 Å². The van der Waals surface area contributed by atoms with Crippen molar-refractivity contribution in [1.82, 2.24) is 25.4 Å². The molecule has 11 heteroatoms. The van der Waals surface area contributed by atoms with Crippen LogP contribution in [0.3, 0.4) is 0 Å². The molecule has 0 aliphatic carbocycles. The number of nitrogens with two attached hydrogens (primary N) is 1. The van der Waals surface area contributed by atoms with Crippen LogP contribution >= 0.6 is 0 Å². The number of aromatic nitrogens is 5. The van der Waals surface area contributed by atoms with Gasteiger partial charge in [-0.25, -0.2) is 10.1 Å². The number of nitrogens with one attached hydrogen (secondary N) is 1. The number of nitrogens with zero attached hydrogens (tertiary/aromatic N) is 4. The van der Waals surface area contributed by atoms with Crippen LogP contribution in [-0.4, -0.2) is 31.7 Å². The maximum atomic E-state index is 12.9. The second-order valence-corrected chi connectivity index (χ2v) is 5.95. The Balaban J connectivity index is 1.66. The van der Waals surface area contributed by atoms with Crippen molar-refractivity contribution in [3.63, 3.8) is 0 Å². The van der Waals surface area contributed by atoms with Gasteiger partial charge in [-0.2, -0.15) is 0 Å². The van der Waals surface area contributed by atoms with Crippen LogP contribution in [0.5, 0.6) is 11.5 Å². The van der Waals surface area contributed by atoms with Crippen molar-refractivity contribution >= 4 is 17.0 Å². The highest BCUT2D eigenvalue weighted by Gasteiger charge is 2.32. The first kappa shape index (κ1) is 18.5. The van der Waals surface area contributed by atoms with Crippen LogP contribution in [0.4, 0.5) is 19.0 Å². The molecule has 0 aliphatic rings. The number of anilines is 1. The molecule has 0 bridgehead atoms. The third kappa shape index (κ3) is 4.18. The van der Waals surface area contributed by atoms with Crippen LogP contribution in [0.2, 0.25) is 0 Å². The lowest BCUT2D eigenvalue weighted by molar-refractivity contribution is -0.275. The first-order chi connectivity index (χ1) is 13.9. The molecule has 0 atom stereocenters. The van der Waals surface area contributed by atoms with E-state index in [1.165, 1.54) is 18.2 Å². The highest BCUT2D eigenvalue weighted by atomic mass is 19.4. The average molecular weight is 402 g/mol. The van der Waals surface area contributed by atoms with E-state index in [0.717, 1.165) is 0 Å². The molecule has 0 saturated carbocycles. The minimum Gasteiger partial charge on any atom is -0.486 e. The van der Waals surface area contributed by atoms with E-state index in [1.54, 1.807) is 30.6 Å². The topological polar surface area (TPSA) is 112 Å². The third-order valence-corrected chi connectivity index (χ3v) is 3.95. The summed E-state index contributed by atoms with van der Waals surface area (Å²) in [5.74, 6) is 0.00469. The lowest BCUT2D eigenvalue weighted by Gasteiger charge is -2.15. The van der Waals surface area contributed by atoms with E-state index in [-0.39, 0.29) is 29.5 Å². The third-order valence-electron chi connectivity index (χ3n) is 3.95. The number of aromatic amines is 1. The van der Waals surface area contributed by atoms with Gasteiger partial charge in [-0.15, -0.1) is 18.3 Å². The molecule has 0 unspecified atom stereocenters. The SMILES string of the molecule is Nc1cc(OCc2ccc(-c3cccnc3)cc2OC(F)(F)F)c2nn[nH]c2n1. The maximum absolute atomic E-state index is 12.9. The minimum atomic E-state index is -4.86. The van der Waals surface area contributed by atoms with E-state index >= 15 is 0 Å². The minimum absolute atomic E-state index is 0.150. The van der Waals surface area contributed by atoms with Gasteiger partial charge in [-0.05, 0) is 17.7 Å². The van der Waals surface area contributed by atoms with Gasteiger partial charge in [0.1, 0.15) is 18.2 Å². The number of hydrogen-bond acceptors (Lipinski definition) is 7. The molecule has 29 heavy (non-hydrogen) atoms. The van der Waals surface area contributed by atoms with Crippen LogP contribution in [0, 0.1) is 0 Å². The number of rotatable bonds is 5. The van der Waals surface area contributed by atoms with Gasteiger partial charge in [0, 0.05) is 29.6 Å². The molecule has 3 heterocycles. The highest BCUT2D eigenvalue weighted by molar-refractivity contribution is 5.78. The second-order valence-electron chi connectivity index (χ2n) is 5.95. The summed E-state index contributed by atoms with van der Waals surface area (Å²) in [6.45, 7) is -0.218. The Kier molecular flexibility index (Phi) is 4.63. The summed E-state index contributed by atoms with van der Waals surface area (Å²) in [4.78, 5) is 7.97. The summed E-state index contributed by atoms with van der Waals surface area (Å²) in [6, 6.07) is 9.28. The largest absolute Gasteiger partial charge is 0.573 e. The molecule has 3 N–H and O–H groups in total. The molecule has 8 nitrogen and oxygen atoms in total. The molecule has 4 aromatic rings. The van der Waals surface area contributed by atoms with Gasteiger partial charge in [0.2, 0.25) is 0 Å². The fourth-order valence-corrected chi connectivity index (χ4v) is 2.70. The van der Waals surface area contributed by atoms with Crippen LogP contribution in [-0.2, 0) is 6.61 Å². The van der Waals surface area contributed by atoms with E-state index < -0.39 is 6.36 Å². The fourth-order valence-electron chi connectivity index (χ4n) is 2.70. The Bertz CT molecular complexity index is 1150. The number of alkyl halides is 3. The average Bonchev–Trinajstić information content (AvgIpc) is 3.14. The first-order valence-electron chi connectivity index (χ1n) is 8.28. The van der Waals surface area contributed by atoms with Crippen LogP contribution in [0.25, 0.3) is 22.3 Å². The lowest BCUT2D eigenvalue weighted by Crippen LogP contribution is -2.18. The van der Waals surface area contributed by atoms with Gasteiger partial charge in [0.05, 0.1) is 0 Å². The first-order valence-corrected chi connectivity index (χ1v) is 8.28. The standard InChI is InChI=1S/C18H13F3N6O2/c19-18(20,21)29-13-6-10(11-2-1-5-23-8-11)3-4-12(13)9-28-14-7-15(22)24-17-16(14)25-27-26-17/h1-8H,9H2,(H3,22,24,25,26,27). The molecule has 0 amide bonds. The number of halogens is 3. The molecular weight excluding hydrogens is 389 g/mol. The quantitative estimate of drug-likeness (QED) is 0.526. The number of nitrogen functional groups attached to an aromatic ring is 1. The van der Waals surface area contributed by atoms with Crippen molar-refractivity contribution in [2.75, 3.05) is 5.73 Å². The van der Waals surface area contributed by atoms with Crippen molar-refractivity contribution in [3.05, 3.63) is 54.4 Å². The number of benzene rings is 1. The van der Waals surface area contributed by atoms with Crippen LogP contribution in [0.15, 0.2) is 48.8 Å². The molecule has 0 spiro atoms. The Labute approximate surface area is 161 Å². The second kappa shape index (κ2) is 7.26. The summed E-state index contributed by atoms with van der Waals surface area (Å²) in [5, 5.41) is 10.0. The zero-order valence-corrected chi connectivity index (χ0v) is 14.6. The van der Waals surface area contributed by atoms with Crippen molar-refractivity contribution < 1.29 is 22.6 Å². The normalized spacial score (nSPS) is 11.6. The number of ether oxygens (including phenoxy) is 2. The van der Waals surface area contributed by atoms with Crippen molar-refractivity contribution in [1.29, 1.82) is 0 Å². The van der Waals surface area contributed by atoms with E-state index in [9.17, 15) is 13.2 Å². The molecule has 0 saturated heterocycles. The fraction of sp³-hybridized carbons (Fsp3) is 0.111. The smallest absolute Gasteiger partial charge is 0.486 e. The van der Waals surface area contributed by atoms with Crippen LogP contribution < -0.4 is 15.2 Å². The Morgan fingerprint density at radius 1 is 1.07 bits per heavy atom. The number of fused-ring (bicyclic) bond motifs is 1. The van der Waals surface area contributed by atoms with E-state index in [4.69, 9.17) is 10.5 Å². The van der Waals surface area contributed by atoms with Gasteiger partial charge in [0.25, 0.3) is 0 Å². The predicted octanol–water partition coefficient (Wildman–Crippen LogP) is 3.47. The predicted molar refractivity (Wildman–Crippen MR) is 96.8 cm³/mol. The Hall–Kier alpha value is -3.89. The zero-order chi connectivity index (χ0) is 20.4. The van der Waals surface area contributed by atoms with Crippen molar-refractivity contribution in [2.45, 2.75) is 13.0 Å². The Morgan fingerprint density at radius 3 is 2.69 bits per heavy atom. The number of pyridine rings is 2. The monoisotopic (exact) mass is 402 g/mol.